The summed E-state index contributed by atoms with van der Waals surface area (Å²) >= 11 is 1.42. The molecule has 0 fully saturated rings. The first-order chi connectivity index (χ1) is 9.94. The Kier molecular flexibility index (Phi) is 6.57. The zero-order valence-electron chi connectivity index (χ0n) is 13.0. The Morgan fingerprint density at radius 3 is 2.57 bits per heavy atom. The summed E-state index contributed by atoms with van der Waals surface area (Å²) in [5.41, 5.74) is -0.0568. The molecule has 0 amide bonds. The molecule has 1 rings (SSSR count). The summed E-state index contributed by atoms with van der Waals surface area (Å²) < 4.78 is 7.43. The van der Waals surface area contributed by atoms with Gasteiger partial charge in [0.1, 0.15) is 5.76 Å². The van der Waals surface area contributed by atoms with Crippen LogP contribution in [0.15, 0.2) is 22.4 Å². The number of hydrogen-bond donors (Lipinski definition) is 1. The van der Waals surface area contributed by atoms with Crippen molar-refractivity contribution in [1.82, 2.24) is 14.5 Å². The average Bonchev–Trinajstić information content (AvgIpc) is 2.85. The lowest BCUT2D eigenvalue weighted by Gasteiger charge is -2.21. The second-order valence-corrected chi connectivity index (χ2v) is 5.39. The molecule has 1 aromatic heterocycles. The predicted molar refractivity (Wildman–Crippen MR) is 85.0 cm³/mol. The van der Waals surface area contributed by atoms with Gasteiger partial charge in [0.2, 0.25) is 5.76 Å². The highest BCUT2D eigenvalue weighted by Crippen LogP contribution is 2.25. The molecule has 0 spiro atoms. The highest BCUT2D eigenvalue weighted by molar-refractivity contribution is 7.96. The van der Waals surface area contributed by atoms with Gasteiger partial charge in [0.15, 0.2) is 5.82 Å². The van der Waals surface area contributed by atoms with Gasteiger partial charge in [-0.15, -0.1) is 0 Å². The van der Waals surface area contributed by atoms with Gasteiger partial charge in [-0.3, -0.25) is 14.4 Å². The minimum atomic E-state index is -0.414. The molecule has 0 unspecified atom stereocenters. The molecular formula is C13H22N4O3S. The van der Waals surface area contributed by atoms with Crippen molar-refractivity contribution >= 4 is 17.6 Å². The van der Waals surface area contributed by atoms with E-state index in [1.807, 2.05) is 36.5 Å². The average molecular weight is 314 g/mol. The maximum absolute atomic E-state index is 11.5. The molecule has 0 saturated carbocycles. The van der Waals surface area contributed by atoms with Gasteiger partial charge in [0, 0.05) is 19.8 Å². The molecule has 8 heteroatoms. The summed E-state index contributed by atoms with van der Waals surface area (Å²) in [5, 5.41) is 14.4. The lowest BCUT2D eigenvalue weighted by Crippen LogP contribution is -2.27. The lowest BCUT2D eigenvalue weighted by atomic mass is 10.3. The van der Waals surface area contributed by atoms with Gasteiger partial charge in [0.25, 0.3) is 0 Å². The first-order valence-corrected chi connectivity index (χ1v) is 7.74. The fourth-order valence-electron chi connectivity index (χ4n) is 1.93. The Hall–Kier alpha value is -1.67. The third kappa shape index (κ3) is 4.40. The van der Waals surface area contributed by atoms with Gasteiger partial charge in [-0.2, -0.15) is 0 Å². The summed E-state index contributed by atoms with van der Waals surface area (Å²) in [5.74, 6) is 1.38. The normalized spacial score (nSPS) is 12.3. The monoisotopic (exact) mass is 314 g/mol. The number of furan rings is 1. The number of rotatable bonds is 8. The van der Waals surface area contributed by atoms with Crippen LogP contribution in [0.3, 0.4) is 0 Å². The van der Waals surface area contributed by atoms with Gasteiger partial charge >= 0.3 is 5.70 Å². The summed E-state index contributed by atoms with van der Waals surface area (Å²) in [6.45, 7) is 3.17. The topological polar surface area (TPSA) is 74.8 Å². The van der Waals surface area contributed by atoms with E-state index in [9.17, 15) is 10.1 Å². The Morgan fingerprint density at radius 2 is 2.14 bits per heavy atom. The Morgan fingerprint density at radius 1 is 1.48 bits per heavy atom. The third-order valence-corrected chi connectivity index (χ3v) is 3.65. The van der Waals surface area contributed by atoms with Crippen LogP contribution >= 0.6 is 11.9 Å². The van der Waals surface area contributed by atoms with E-state index in [4.69, 9.17) is 4.42 Å². The van der Waals surface area contributed by atoms with Crippen LogP contribution in [-0.2, 0) is 6.54 Å². The van der Waals surface area contributed by atoms with Crippen molar-refractivity contribution in [3.63, 3.8) is 0 Å². The molecule has 0 aliphatic carbocycles. The maximum Gasteiger partial charge on any atom is 0.352 e. The minimum absolute atomic E-state index is 0.0568. The molecule has 21 heavy (non-hydrogen) atoms. The van der Waals surface area contributed by atoms with Crippen LogP contribution in [0, 0.1) is 10.1 Å². The van der Waals surface area contributed by atoms with Gasteiger partial charge in [0.05, 0.1) is 11.5 Å². The third-order valence-electron chi connectivity index (χ3n) is 2.77. The van der Waals surface area contributed by atoms with E-state index in [-0.39, 0.29) is 11.5 Å². The molecule has 0 aliphatic heterocycles. The van der Waals surface area contributed by atoms with Crippen LogP contribution in [0.2, 0.25) is 0 Å². The van der Waals surface area contributed by atoms with E-state index in [0.717, 1.165) is 0 Å². The van der Waals surface area contributed by atoms with Crippen LogP contribution in [0.25, 0.3) is 5.70 Å². The number of hydrogen-bond acceptors (Lipinski definition) is 7. The largest absolute Gasteiger partial charge is 0.453 e. The second kappa shape index (κ2) is 7.94. The van der Waals surface area contributed by atoms with Gasteiger partial charge < -0.3 is 14.6 Å². The van der Waals surface area contributed by atoms with E-state index in [2.05, 4.69) is 5.32 Å². The maximum atomic E-state index is 11.5. The molecule has 0 radical (unpaired) electrons. The van der Waals surface area contributed by atoms with Crippen molar-refractivity contribution in [3.8, 4) is 0 Å². The van der Waals surface area contributed by atoms with Crippen LogP contribution in [-0.4, -0.2) is 48.1 Å². The number of nitrogens with one attached hydrogen (secondary N) is 1. The standard InChI is InChI=1S/C13H22N4O3S/c1-6-16(21-5)13(14-2)12(17(18)19)11-8-7-10(20-11)9-15(3)4/h7-8,14H,6,9H2,1-5H3. The molecular weight excluding hydrogens is 292 g/mol. The lowest BCUT2D eigenvalue weighted by molar-refractivity contribution is -0.378. The number of nitrogens with zero attached hydrogens (tertiary/aromatic N) is 3. The van der Waals surface area contributed by atoms with Crippen molar-refractivity contribution in [2.75, 3.05) is 33.9 Å². The Labute approximate surface area is 129 Å². The van der Waals surface area contributed by atoms with Gasteiger partial charge in [-0.1, -0.05) is 11.9 Å². The second-order valence-electron chi connectivity index (χ2n) is 4.59. The fraction of sp³-hybridized carbons (Fsp3) is 0.538. The number of nitro groups is 1. The summed E-state index contributed by atoms with van der Waals surface area (Å²) in [7, 11) is 5.50. The molecule has 0 aliphatic rings. The fourth-order valence-corrected chi connectivity index (χ4v) is 2.55. The molecule has 118 valence electrons. The molecule has 1 heterocycles. The Bertz CT molecular complexity index is 509. The van der Waals surface area contributed by atoms with E-state index >= 15 is 0 Å². The van der Waals surface area contributed by atoms with Crippen molar-refractivity contribution in [3.05, 3.63) is 39.6 Å². The SMILES string of the molecule is CCN(SC)C(NC)=C(c1ccc(CN(C)C)o1)[N+](=O)[O-]. The van der Waals surface area contributed by atoms with E-state index in [0.29, 0.717) is 24.7 Å². The Balaban J connectivity index is 3.27. The van der Waals surface area contributed by atoms with Crippen LogP contribution < -0.4 is 5.32 Å². The van der Waals surface area contributed by atoms with Crippen molar-refractivity contribution in [2.45, 2.75) is 13.5 Å². The van der Waals surface area contributed by atoms with Crippen LogP contribution in [0.4, 0.5) is 0 Å². The highest BCUT2D eigenvalue weighted by Gasteiger charge is 2.27. The molecule has 0 aromatic carbocycles. The van der Waals surface area contributed by atoms with E-state index in [1.165, 1.54) is 11.9 Å². The van der Waals surface area contributed by atoms with E-state index in [1.54, 1.807) is 19.2 Å². The molecule has 1 N–H and O–H groups in total. The van der Waals surface area contributed by atoms with Crippen LogP contribution in [0.5, 0.6) is 0 Å². The van der Waals surface area contributed by atoms with Gasteiger partial charge in [-0.25, -0.2) is 0 Å². The van der Waals surface area contributed by atoms with Crippen molar-refractivity contribution in [2.24, 2.45) is 0 Å². The minimum Gasteiger partial charge on any atom is -0.453 e. The van der Waals surface area contributed by atoms with Crippen LogP contribution in [0.1, 0.15) is 18.4 Å². The molecule has 0 atom stereocenters. The van der Waals surface area contributed by atoms with Crippen molar-refractivity contribution < 1.29 is 9.34 Å². The summed E-state index contributed by atoms with van der Waals surface area (Å²) in [6.07, 6.45) is 1.87. The molecule has 0 saturated heterocycles. The summed E-state index contributed by atoms with van der Waals surface area (Å²) in [6, 6.07) is 3.41. The zero-order chi connectivity index (χ0) is 16.0. The quantitative estimate of drug-likeness (QED) is 0.447. The van der Waals surface area contributed by atoms with E-state index < -0.39 is 4.92 Å². The van der Waals surface area contributed by atoms with Crippen molar-refractivity contribution in [1.29, 1.82) is 0 Å². The predicted octanol–water partition coefficient (Wildman–Crippen LogP) is 2.06. The summed E-state index contributed by atoms with van der Waals surface area (Å²) in [4.78, 5) is 13.0. The highest BCUT2D eigenvalue weighted by atomic mass is 32.2. The molecule has 1 aromatic rings. The van der Waals surface area contributed by atoms with Gasteiger partial charge in [-0.05, 0) is 33.2 Å². The zero-order valence-corrected chi connectivity index (χ0v) is 13.9. The molecule has 7 nitrogen and oxygen atoms in total. The smallest absolute Gasteiger partial charge is 0.352 e. The molecule has 0 bridgehead atoms. The first kappa shape index (κ1) is 17.4. The first-order valence-electron chi connectivity index (χ1n) is 6.56.